The fourth-order valence-electron chi connectivity index (χ4n) is 3.88. The molecule has 3 heteroatoms. The summed E-state index contributed by atoms with van der Waals surface area (Å²) in [5.74, 6) is 2.46. The molecule has 0 spiro atoms. The van der Waals surface area contributed by atoms with Crippen molar-refractivity contribution in [2.24, 2.45) is 5.92 Å². The van der Waals surface area contributed by atoms with Crippen LogP contribution in [0.2, 0.25) is 0 Å². The Morgan fingerprint density at radius 3 is 2.55 bits per heavy atom. The van der Waals surface area contributed by atoms with Gasteiger partial charge in [0.05, 0.1) is 7.11 Å². The number of ether oxygens (including phenoxy) is 1. The average Bonchev–Trinajstić information content (AvgIpc) is 2.55. The van der Waals surface area contributed by atoms with Gasteiger partial charge in [0.1, 0.15) is 5.75 Å². The van der Waals surface area contributed by atoms with Crippen LogP contribution in [0.4, 0.5) is 0 Å². The van der Waals surface area contributed by atoms with Crippen LogP contribution in [-0.2, 0) is 6.42 Å². The first-order valence-electron chi connectivity index (χ1n) is 7.81. The van der Waals surface area contributed by atoms with Gasteiger partial charge in [0.2, 0.25) is 0 Å². The number of benzene rings is 2. The van der Waals surface area contributed by atoms with Gasteiger partial charge in [-0.2, -0.15) is 0 Å². The van der Waals surface area contributed by atoms with Crippen LogP contribution in [0.3, 0.4) is 0 Å². The molecule has 2 nitrogen and oxygen atoms in total. The van der Waals surface area contributed by atoms with E-state index in [1.807, 2.05) is 12.1 Å². The Labute approximate surface area is 138 Å². The highest BCUT2D eigenvalue weighted by Gasteiger charge is 2.30. The van der Waals surface area contributed by atoms with Gasteiger partial charge in [-0.15, -0.1) is 12.4 Å². The second kappa shape index (κ2) is 6.31. The highest BCUT2D eigenvalue weighted by atomic mass is 35.5. The van der Waals surface area contributed by atoms with E-state index in [2.05, 4.69) is 35.6 Å². The van der Waals surface area contributed by atoms with Gasteiger partial charge in [-0.05, 0) is 65.6 Å². The average molecular weight is 316 g/mol. The monoisotopic (exact) mass is 315 g/mol. The molecule has 1 fully saturated rings. The summed E-state index contributed by atoms with van der Waals surface area (Å²) in [5.41, 5.74) is 5.72. The molecule has 1 N–H and O–H groups in total. The number of hydrogen-bond donors (Lipinski definition) is 1. The van der Waals surface area contributed by atoms with Gasteiger partial charge in [0.15, 0.2) is 0 Å². The van der Waals surface area contributed by atoms with Gasteiger partial charge in [-0.3, -0.25) is 0 Å². The summed E-state index contributed by atoms with van der Waals surface area (Å²) >= 11 is 0. The predicted octanol–water partition coefficient (Wildman–Crippen LogP) is 4.03. The molecule has 0 saturated carbocycles. The molecule has 2 aromatic carbocycles. The molecule has 2 unspecified atom stereocenters. The molecule has 1 aliphatic carbocycles. The molecule has 0 aromatic heterocycles. The van der Waals surface area contributed by atoms with Crippen LogP contribution in [0.5, 0.6) is 5.75 Å². The molecule has 0 radical (unpaired) electrons. The van der Waals surface area contributed by atoms with Crippen molar-refractivity contribution in [1.82, 2.24) is 5.32 Å². The van der Waals surface area contributed by atoms with Crippen molar-refractivity contribution >= 4 is 12.4 Å². The summed E-state index contributed by atoms with van der Waals surface area (Å²) in [6.45, 7) is 2.33. The maximum atomic E-state index is 5.24. The summed E-state index contributed by atoms with van der Waals surface area (Å²) in [6, 6.07) is 15.4. The Balaban J connectivity index is 0.00000144. The number of halogens is 1. The Hall–Kier alpha value is -1.51. The van der Waals surface area contributed by atoms with Crippen LogP contribution >= 0.6 is 12.4 Å². The zero-order valence-electron chi connectivity index (χ0n) is 12.8. The minimum atomic E-state index is 0. The normalized spacial score (nSPS) is 22.4. The molecular weight excluding hydrogens is 294 g/mol. The second-order valence-corrected chi connectivity index (χ2v) is 6.30. The minimum Gasteiger partial charge on any atom is -0.497 e. The number of methoxy groups -OCH3 is 1. The first-order valence-corrected chi connectivity index (χ1v) is 7.81. The summed E-state index contributed by atoms with van der Waals surface area (Å²) < 4.78 is 5.24. The van der Waals surface area contributed by atoms with Gasteiger partial charge in [-0.25, -0.2) is 0 Å². The number of hydrogen-bond acceptors (Lipinski definition) is 2. The fourth-order valence-corrected chi connectivity index (χ4v) is 3.88. The lowest BCUT2D eigenvalue weighted by molar-refractivity contribution is 0.318. The number of nitrogens with one attached hydrogen (secondary N) is 1. The number of piperidine rings is 1. The Kier molecular flexibility index (Phi) is 4.42. The van der Waals surface area contributed by atoms with Gasteiger partial charge in [-0.1, -0.05) is 30.3 Å². The van der Waals surface area contributed by atoms with Crippen molar-refractivity contribution in [3.05, 3.63) is 53.6 Å². The van der Waals surface area contributed by atoms with E-state index in [-0.39, 0.29) is 12.4 Å². The quantitative estimate of drug-likeness (QED) is 0.903. The molecule has 2 aliphatic rings. The van der Waals surface area contributed by atoms with Crippen molar-refractivity contribution in [3.63, 3.8) is 0 Å². The summed E-state index contributed by atoms with van der Waals surface area (Å²) in [6.07, 6.45) is 2.59. The van der Waals surface area contributed by atoms with Crippen molar-refractivity contribution in [2.45, 2.75) is 18.8 Å². The van der Waals surface area contributed by atoms with Crippen molar-refractivity contribution in [1.29, 1.82) is 0 Å². The molecule has 1 aliphatic heterocycles. The van der Waals surface area contributed by atoms with Crippen molar-refractivity contribution in [2.75, 3.05) is 20.2 Å². The maximum absolute atomic E-state index is 5.24. The SMILES string of the molecule is COc1ccc(-c2ccc3c(c2)CC2CNCC3C2)cc1.Cl. The van der Waals surface area contributed by atoms with E-state index in [1.54, 1.807) is 18.2 Å². The van der Waals surface area contributed by atoms with E-state index >= 15 is 0 Å². The highest BCUT2D eigenvalue weighted by molar-refractivity contribution is 5.85. The maximum Gasteiger partial charge on any atom is 0.118 e. The molecule has 116 valence electrons. The van der Waals surface area contributed by atoms with E-state index in [4.69, 9.17) is 4.74 Å². The van der Waals surface area contributed by atoms with Crippen LogP contribution in [0.15, 0.2) is 42.5 Å². The van der Waals surface area contributed by atoms with Gasteiger partial charge in [0, 0.05) is 6.54 Å². The smallest absolute Gasteiger partial charge is 0.118 e. The number of fused-ring (bicyclic) bond motifs is 4. The van der Waals surface area contributed by atoms with Crippen LogP contribution in [0.25, 0.3) is 11.1 Å². The molecule has 2 aromatic rings. The van der Waals surface area contributed by atoms with Gasteiger partial charge in [0.25, 0.3) is 0 Å². The molecule has 1 saturated heterocycles. The summed E-state index contributed by atoms with van der Waals surface area (Å²) in [4.78, 5) is 0. The van der Waals surface area contributed by atoms with E-state index in [0.29, 0.717) is 0 Å². The third-order valence-corrected chi connectivity index (χ3v) is 4.96. The summed E-state index contributed by atoms with van der Waals surface area (Å²) in [5, 5.41) is 3.57. The first-order chi connectivity index (χ1) is 10.3. The molecule has 4 rings (SSSR count). The van der Waals surface area contributed by atoms with Crippen molar-refractivity contribution < 1.29 is 4.74 Å². The topological polar surface area (TPSA) is 21.3 Å². The van der Waals surface area contributed by atoms with Gasteiger partial charge < -0.3 is 10.1 Å². The minimum absolute atomic E-state index is 0. The molecule has 1 heterocycles. The lowest BCUT2D eigenvalue weighted by Crippen LogP contribution is -2.39. The largest absolute Gasteiger partial charge is 0.497 e. The summed E-state index contributed by atoms with van der Waals surface area (Å²) in [7, 11) is 1.71. The third-order valence-electron chi connectivity index (χ3n) is 4.96. The Morgan fingerprint density at radius 2 is 1.77 bits per heavy atom. The Bertz CT molecular complexity index is 653. The Morgan fingerprint density at radius 1 is 1.00 bits per heavy atom. The van der Waals surface area contributed by atoms with E-state index in [1.165, 1.54) is 30.5 Å². The highest BCUT2D eigenvalue weighted by Crippen LogP contribution is 2.38. The predicted molar refractivity (Wildman–Crippen MR) is 93.1 cm³/mol. The third kappa shape index (κ3) is 2.73. The van der Waals surface area contributed by atoms with Crippen LogP contribution in [-0.4, -0.2) is 20.2 Å². The molecule has 0 amide bonds. The molecule has 22 heavy (non-hydrogen) atoms. The zero-order valence-corrected chi connectivity index (χ0v) is 13.7. The molecule has 2 atom stereocenters. The molecular formula is C19H22ClNO. The van der Waals surface area contributed by atoms with E-state index in [9.17, 15) is 0 Å². The standard InChI is InChI=1S/C19H21NO.ClH/c1-21-18-5-2-14(3-6-18)15-4-7-19-16(10-15)8-13-9-17(19)12-20-11-13;/h2-7,10,13,17,20H,8-9,11-12H2,1H3;1H. The van der Waals surface area contributed by atoms with Gasteiger partial charge >= 0.3 is 0 Å². The van der Waals surface area contributed by atoms with Crippen molar-refractivity contribution in [3.8, 4) is 16.9 Å². The lowest BCUT2D eigenvalue weighted by atomic mass is 9.74. The molecule has 2 bridgehead atoms. The van der Waals surface area contributed by atoms with E-state index in [0.717, 1.165) is 24.1 Å². The first kappa shape index (κ1) is 15.4. The zero-order chi connectivity index (χ0) is 14.2. The number of rotatable bonds is 2. The van der Waals surface area contributed by atoms with Crippen LogP contribution < -0.4 is 10.1 Å². The fraction of sp³-hybridized carbons (Fsp3) is 0.368. The van der Waals surface area contributed by atoms with E-state index < -0.39 is 0 Å². The second-order valence-electron chi connectivity index (χ2n) is 6.30. The van der Waals surface area contributed by atoms with Crippen LogP contribution in [0.1, 0.15) is 23.5 Å². The lowest BCUT2D eigenvalue weighted by Gasteiger charge is -2.37. The van der Waals surface area contributed by atoms with Crippen LogP contribution in [0, 0.1) is 5.92 Å².